The molecular weight excluding hydrogens is 308 g/mol. The average molecular weight is 328 g/mol. The number of nitro groups is 1. The molecule has 0 radical (unpaired) electrons. The summed E-state index contributed by atoms with van der Waals surface area (Å²) in [5.41, 5.74) is 7.83. The van der Waals surface area contributed by atoms with Gasteiger partial charge >= 0.3 is 5.69 Å². The lowest BCUT2D eigenvalue weighted by Gasteiger charge is -2.41. The normalized spacial score (nSPS) is 17.8. The van der Waals surface area contributed by atoms with Crippen LogP contribution in [-0.4, -0.2) is 40.6 Å². The molecule has 0 saturated carbocycles. The quantitative estimate of drug-likeness (QED) is 0.679. The van der Waals surface area contributed by atoms with Gasteiger partial charge in [-0.05, 0) is 26.0 Å². The number of anilines is 3. The van der Waals surface area contributed by atoms with Crippen LogP contribution in [0.4, 0.5) is 23.0 Å². The summed E-state index contributed by atoms with van der Waals surface area (Å²) in [7, 11) is 0. The summed E-state index contributed by atoms with van der Waals surface area (Å²) >= 11 is 0. The van der Waals surface area contributed by atoms with Crippen LogP contribution >= 0.6 is 0 Å². The number of piperazine rings is 1. The van der Waals surface area contributed by atoms with E-state index >= 15 is 0 Å². The van der Waals surface area contributed by atoms with Crippen LogP contribution in [0.15, 0.2) is 30.6 Å². The van der Waals surface area contributed by atoms with Crippen molar-refractivity contribution >= 4 is 23.0 Å². The Hall–Kier alpha value is -2.90. The molecule has 1 aromatic carbocycles. The van der Waals surface area contributed by atoms with Crippen molar-refractivity contribution in [1.82, 2.24) is 9.97 Å². The lowest BCUT2D eigenvalue weighted by atomic mass is 10.1. The number of hydrogen-bond acceptors (Lipinski definition) is 7. The number of aryl methyl sites for hydroxylation is 1. The van der Waals surface area contributed by atoms with E-state index in [-0.39, 0.29) is 17.5 Å². The first-order valence-electron chi connectivity index (χ1n) is 7.80. The monoisotopic (exact) mass is 328 g/mol. The van der Waals surface area contributed by atoms with Gasteiger partial charge in [-0.2, -0.15) is 0 Å². The molecule has 8 heteroatoms. The third-order valence-electron chi connectivity index (χ3n) is 4.31. The summed E-state index contributed by atoms with van der Waals surface area (Å²) in [5.74, 6) is 0.196. The van der Waals surface area contributed by atoms with Gasteiger partial charge in [0.15, 0.2) is 0 Å². The molecule has 3 rings (SSSR count). The lowest BCUT2D eigenvalue weighted by molar-refractivity contribution is -0.383. The minimum Gasteiger partial charge on any atom is -0.378 e. The molecule has 1 aliphatic heterocycles. The highest BCUT2D eigenvalue weighted by Gasteiger charge is 2.31. The van der Waals surface area contributed by atoms with Gasteiger partial charge in [0.25, 0.3) is 0 Å². The zero-order valence-electron chi connectivity index (χ0n) is 13.7. The number of benzene rings is 1. The first-order valence-corrected chi connectivity index (χ1v) is 7.80. The maximum Gasteiger partial charge on any atom is 0.353 e. The van der Waals surface area contributed by atoms with Crippen LogP contribution in [0.5, 0.6) is 0 Å². The second-order valence-corrected chi connectivity index (χ2v) is 6.01. The molecular formula is C16H20N6O2. The van der Waals surface area contributed by atoms with Crippen molar-refractivity contribution in [2.45, 2.75) is 19.9 Å². The van der Waals surface area contributed by atoms with Crippen molar-refractivity contribution in [2.24, 2.45) is 0 Å². The Morgan fingerprint density at radius 3 is 2.58 bits per heavy atom. The van der Waals surface area contributed by atoms with Gasteiger partial charge in [-0.3, -0.25) is 10.1 Å². The van der Waals surface area contributed by atoms with Crippen molar-refractivity contribution in [3.05, 3.63) is 46.3 Å². The predicted molar refractivity (Wildman–Crippen MR) is 93.3 cm³/mol. The minimum atomic E-state index is -0.512. The Morgan fingerprint density at radius 2 is 1.96 bits per heavy atom. The Kier molecular flexibility index (Phi) is 4.20. The van der Waals surface area contributed by atoms with E-state index in [2.05, 4.69) is 53.0 Å². The summed E-state index contributed by atoms with van der Waals surface area (Å²) in [4.78, 5) is 22.8. The van der Waals surface area contributed by atoms with E-state index in [9.17, 15) is 10.1 Å². The molecule has 24 heavy (non-hydrogen) atoms. The highest BCUT2D eigenvalue weighted by atomic mass is 16.6. The van der Waals surface area contributed by atoms with Gasteiger partial charge in [0.2, 0.25) is 11.6 Å². The first-order chi connectivity index (χ1) is 11.5. The predicted octanol–water partition coefficient (Wildman–Crippen LogP) is 1.99. The van der Waals surface area contributed by atoms with Gasteiger partial charge in [0.1, 0.15) is 6.33 Å². The van der Waals surface area contributed by atoms with Crippen LogP contribution in [0, 0.1) is 17.0 Å². The second kappa shape index (κ2) is 6.31. The lowest BCUT2D eigenvalue weighted by Crippen LogP contribution is -2.52. The van der Waals surface area contributed by atoms with Crippen LogP contribution < -0.4 is 15.5 Å². The molecule has 0 amide bonds. The first kappa shape index (κ1) is 16.0. The molecule has 1 saturated heterocycles. The van der Waals surface area contributed by atoms with E-state index in [4.69, 9.17) is 5.73 Å². The molecule has 0 aliphatic carbocycles. The maximum atomic E-state index is 11.3. The molecule has 1 fully saturated rings. The smallest absolute Gasteiger partial charge is 0.353 e. The van der Waals surface area contributed by atoms with Gasteiger partial charge in [0.05, 0.1) is 4.92 Å². The molecule has 126 valence electrons. The number of hydrogen-bond donors (Lipinski definition) is 1. The highest BCUT2D eigenvalue weighted by Crippen LogP contribution is 2.32. The van der Waals surface area contributed by atoms with Gasteiger partial charge in [-0.25, -0.2) is 9.97 Å². The van der Waals surface area contributed by atoms with E-state index < -0.39 is 4.92 Å². The van der Waals surface area contributed by atoms with E-state index in [0.717, 1.165) is 12.2 Å². The fourth-order valence-electron chi connectivity index (χ4n) is 3.06. The SMILES string of the molecule is Cc1ccc(N2CCN(c3ncnc(N)c3[N+](=O)[O-])CC2C)cc1. The molecule has 0 bridgehead atoms. The average Bonchev–Trinajstić information content (AvgIpc) is 2.55. The molecule has 1 unspecified atom stereocenters. The number of aromatic nitrogens is 2. The second-order valence-electron chi connectivity index (χ2n) is 6.01. The van der Waals surface area contributed by atoms with Gasteiger partial charge in [-0.15, -0.1) is 0 Å². The summed E-state index contributed by atoms with van der Waals surface area (Å²) < 4.78 is 0. The third-order valence-corrected chi connectivity index (χ3v) is 4.31. The number of nitrogen functional groups attached to an aromatic ring is 1. The summed E-state index contributed by atoms with van der Waals surface area (Å²) in [6, 6.07) is 8.57. The highest BCUT2D eigenvalue weighted by molar-refractivity contribution is 5.69. The van der Waals surface area contributed by atoms with E-state index in [0.29, 0.717) is 18.9 Å². The molecule has 2 aromatic rings. The standard InChI is InChI=1S/C16H20N6O2/c1-11-3-5-13(6-4-11)21-8-7-20(9-12(21)2)16-14(22(23)24)15(17)18-10-19-16/h3-6,10,12H,7-9H2,1-2H3,(H2,17,18,19). The summed E-state index contributed by atoms with van der Waals surface area (Å²) in [5, 5.41) is 11.3. The molecule has 1 aliphatic rings. The molecule has 2 heterocycles. The molecule has 2 N–H and O–H groups in total. The molecule has 8 nitrogen and oxygen atoms in total. The number of nitrogens with two attached hydrogens (primary N) is 1. The van der Waals surface area contributed by atoms with Crippen molar-refractivity contribution in [1.29, 1.82) is 0 Å². The Bertz CT molecular complexity index is 749. The fraction of sp³-hybridized carbons (Fsp3) is 0.375. The molecule has 1 atom stereocenters. The Labute approximate surface area is 140 Å². The fourth-order valence-corrected chi connectivity index (χ4v) is 3.06. The van der Waals surface area contributed by atoms with Crippen molar-refractivity contribution in [3.63, 3.8) is 0 Å². The third kappa shape index (κ3) is 2.94. The van der Waals surface area contributed by atoms with Crippen LogP contribution in [0.1, 0.15) is 12.5 Å². The molecule has 0 spiro atoms. The number of rotatable bonds is 3. The zero-order valence-corrected chi connectivity index (χ0v) is 13.7. The van der Waals surface area contributed by atoms with Crippen LogP contribution in [0.3, 0.4) is 0 Å². The van der Waals surface area contributed by atoms with Crippen molar-refractivity contribution in [3.8, 4) is 0 Å². The van der Waals surface area contributed by atoms with Crippen LogP contribution in [-0.2, 0) is 0 Å². The van der Waals surface area contributed by atoms with Crippen molar-refractivity contribution in [2.75, 3.05) is 35.2 Å². The van der Waals surface area contributed by atoms with Gasteiger partial charge < -0.3 is 15.5 Å². The van der Waals surface area contributed by atoms with Crippen molar-refractivity contribution < 1.29 is 4.92 Å². The Morgan fingerprint density at radius 1 is 1.25 bits per heavy atom. The van der Waals surface area contributed by atoms with Gasteiger partial charge in [0, 0.05) is 31.4 Å². The maximum absolute atomic E-state index is 11.3. The summed E-state index contributed by atoms with van der Waals surface area (Å²) in [6.07, 6.45) is 1.27. The van der Waals surface area contributed by atoms with Gasteiger partial charge in [-0.1, -0.05) is 17.7 Å². The molecule has 1 aromatic heterocycles. The van der Waals surface area contributed by atoms with E-state index in [1.54, 1.807) is 0 Å². The van der Waals surface area contributed by atoms with E-state index in [1.165, 1.54) is 11.9 Å². The Balaban J connectivity index is 1.82. The topological polar surface area (TPSA) is 101 Å². The number of nitrogens with zero attached hydrogens (tertiary/aromatic N) is 5. The largest absolute Gasteiger partial charge is 0.378 e. The zero-order chi connectivity index (χ0) is 17.3. The minimum absolute atomic E-state index is 0.0985. The van der Waals surface area contributed by atoms with Crippen LogP contribution in [0.2, 0.25) is 0 Å². The van der Waals surface area contributed by atoms with Crippen LogP contribution in [0.25, 0.3) is 0 Å². The summed E-state index contributed by atoms with van der Waals surface area (Å²) in [6.45, 7) is 6.18. The van der Waals surface area contributed by atoms with E-state index in [1.807, 2.05) is 4.90 Å².